The van der Waals surface area contributed by atoms with Crippen molar-refractivity contribution in [3.05, 3.63) is 76.9 Å². The lowest BCUT2D eigenvalue weighted by molar-refractivity contribution is 0.389. The molecule has 0 radical (unpaired) electrons. The molecular weight excluding hydrogens is 454 g/mol. The van der Waals surface area contributed by atoms with Gasteiger partial charge in [0.15, 0.2) is 5.82 Å². The van der Waals surface area contributed by atoms with Crippen molar-refractivity contribution in [1.29, 1.82) is 0 Å². The van der Waals surface area contributed by atoms with Gasteiger partial charge < -0.3 is 4.57 Å². The number of aromatic amines is 1. The highest BCUT2D eigenvalue weighted by atomic mass is 16.1. The zero-order chi connectivity index (χ0) is 25.3. The van der Waals surface area contributed by atoms with E-state index in [-0.39, 0.29) is 11.2 Å². The molecule has 1 atom stereocenters. The van der Waals surface area contributed by atoms with E-state index < -0.39 is 5.41 Å². The molecule has 5 rings (SSSR count). The zero-order valence-corrected chi connectivity index (χ0v) is 21.1. The van der Waals surface area contributed by atoms with E-state index in [4.69, 9.17) is 0 Å². The van der Waals surface area contributed by atoms with Gasteiger partial charge in [0.2, 0.25) is 5.95 Å². The van der Waals surface area contributed by atoms with Crippen LogP contribution in [0.4, 0.5) is 0 Å². The highest BCUT2D eigenvalue weighted by Gasteiger charge is 2.33. The predicted molar refractivity (Wildman–Crippen MR) is 138 cm³/mol. The topological polar surface area (TPSA) is 112 Å². The molecule has 3 aromatic heterocycles. The predicted octanol–water partition coefficient (Wildman–Crippen LogP) is 3.65. The Morgan fingerprint density at radius 3 is 2.78 bits per heavy atom. The van der Waals surface area contributed by atoms with Crippen LogP contribution in [0.3, 0.4) is 0 Å². The molecule has 4 aromatic rings. The molecule has 36 heavy (non-hydrogen) atoms. The molecule has 0 saturated carbocycles. The number of aryl methyl sites for hydroxylation is 1. The summed E-state index contributed by atoms with van der Waals surface area (Å²) < 4.78 is 5.62. The third-order valence-electron chi connectivity index (χ3n) is 6.66. The molecule has 0 fully saturated rings. The Morgan fingerprint density at radius 1 is 1.22 bits per heavy atom. The SMILES string of the molecule is CCCc1cn(-c2nccn2C(C)(C)C)c(=O)n1CC1(c2cccc(-c3nnn[nH]3)c2)C=CN=CC1. The van der Waals surface area contributed by atoms with Crippen LogP contribution in [0.5, 0.6) is 0 Å². The number of H-pyrrole nitrogens is 1. The number of aliphatic imine (C=N–C) groups is 1. The Morgan fingerprint density at radius 2 is 2.08 bits per heavy atom. The Labute approximate surface area is 209 Å². The number of rotatable bonds is 7. The van der Waals surface area contributed by atoms with E-state index in [1.807, 2.05) is 46.1 Å². The Kier molecular flexibility index (Phi) is 6.03. The van der Waals surface area contributed by atoms with Crippen molar-refractivity contribution in [2.75, 3.05) is 0 Å². The van der Waals surface area contributed by atoms with E-state index in [0.717, 1.165) is 29.7 Å². The van der Waals surface area contributed by atoms with E-state index in [9.17, 15) is 4.79 Å². The summed E-state index contributed by atoms with van der Waals surface area (Å²) in [5.74, 6) is 1.22. The number of imidazole rings is 2. The van der Waals surface area contributed by atoms with E-state index in [2.05, 4.69) is 76.5 Å². The van der Waals surface area contributed by atoms with Gasteiger partial charge in [0.1, 0.15) is 0 Å². The van der Waals surface area contributed by atoms with E-state index in [0.29, 0.717) is 24.7 Å². The number of hydrogen-bond donors (Lipinski definition) is 1. The maximum Gasteiger partial charge on any atom is 0.335 e. The van der Waals surface area contributed by atoms with Crippen LogP contribution in [0.25, 0.3) is 17.3 Å². The van der Waals surface area contributed by atoms with E-state index in [1.165, 1.54) is 0 Å². The molecule has 1 aliphatic heterocycles. The fourth-order valence-corrected chi connectivity index (χ4v) is 4.78. The molecule has 0 saturated heterocycles. The average Bonchev–Trinajstić information content (AvgIpc) is 3.62. The number of tetrazole rings is 1. The molecule has 1 aromatic carbocycles. The highest BCUT2D eigenvalue weighted by Crippen LogP contribution is 2.35. The molecule has 1 unspecified atom stereocenters. The normalized spacial score (nSPS) is 17.7. The third kappa shape index (κ3) is 4.23. The van der Waals surface area contributed by atoms with Crippen molar-refractivity contribution in [1.82, 2.24) is 39.3 Å². The molecule has 10 nitrogen and oxygen atoms in total. The molecule has 0 spiro atoms. The van der Waals surface area contributed by atoms with Crippen LogP contribution in [0, 0.1) is 0 Å². The summed E-state index contributed by atoms with van der Waals surface area (Å²) in [6.45, 7) is 8.91. The van der Waals surface area contributed by atoms with Crippen LogP contribution in [-0.4, -0.2) is 45.5 Å². The standard InChI is InChI=1S/C26H31N9O/c1-5-7-21-17-33(23-28-14-15-35(23)25(2,3)4)24(36)34(21)18-26(10-12-27-13-11-26)20-9-6-8-19(16-20)22-29-31-32-30-22/h6,8-10,12-17H,5,7,11,18H2,1-4H3,(H,29,30,31,32). The van der Waals surface area contributed by atoms with Crippen LogP contribution in [0.15, 0.2) is 64.9 Å². The summed E-state index contributed by atoms with van der Waals surface area (Å²) in [7, 11) is 0. The van der Waals surface area contributed by atoms with Gasteiger partial charge in [-0.3, -0.25) is 9.56 Å². The third-order valence-corrected chi connectivity index (χ3v) is 6.66. The van der Waals surface area contributed by atoms with Gasteiger partial charge in [0.05, 0.1) is 0 Å². The summed E-state index contributed by atoms with van der Waals surface area (Å²) in [4.78, 5) is 22.8. The molecular formula is C26H31N9O. The lowest BCUT2D eigenvalue weighted by atomic mass is 9.76. The minimum atomic E-state index is -0.455. The van der Waals surface area contributed by atoms with E-state index in [1.54, 1.807) is 10.8 Å². The van der Waals surface area contributed by atoms with Gasteiger partial charge in [0, 0.05) is 59.8 Å². The molecule has 0 amide bonds. The van der Waals surface area contributed by atoms with Crippen molar-refractivity contribution < 1.29 is 0 Å². The molecule has 0 aliphatic carbocycles. The smallest absolute Gasteiger partial charge is 0.311 e. The van der Waals surface area contributed by atoms with Crippen molar-refractivity contribution in [3.63, 3.8) is 0 Å². The summed E-state index contributed by atoms with van der Waals surface area (Å²) in [6.07, 6.45) is 13.8. The monoisotopic (exact) mass is 485 g/mol. The van der Waals surface area contributed by atoms with Crippen molar-refractivity contribution in [2.24, 2.45) is 4.99 Å². The zero-order valence-electron chi connectivity index (χ0n) is 21.1. The second-order valence-electron chi connectivity index (χ2n) is 10.2. The number of aromatic nitrogens is 8. The van der Waals surface area contributed by atoms with Gasteiger partial charge in [-0.05, 0) is 55.7 Å². The minimum Gasteiger partial charge on any atom is -0.311 e. The maximum absolute atomic E-state index is 13.9. The minimum absolute atomic E-state index is 0.0963. The second-order valence-corrected chi connectivity index (χ2v) is 10.2. The summed E-state index contributed by atoms with van der Waals surface area (Å²) in [5.41, 5.74) is 2.18. The van der Waals surface area contributed by atoms with E-state index >= 15 is 0 Å². The van der Waals surface area contributed by atoms with Gasteiger partial charge in [-0.25, -0.2) is 19.4 Å². The summed E-state index contributed by atoms with van der Waals surface area (Å²) in [6, 6.07) is 8.14. The van der Waals surface area contributed by atoms with Crippen molar-refractivity contribution >= 4 is 6.21 Å². The van der Waals surface area contributed by atoms with Gasteiger partial charge >= 0.3 is 5.69 Å². The van der Waals surface area contributed by atoms with Gasteiger partial charge in [0.25, 0.3) is 0 Å². The number of nitrogens with one attached hydrogen (secondary N) is 1. The van der Waals surface area contributed by atoms with Crippen molar-refractivity contribution in [2.45, 2.75) is 64.5 Å². The summed E-state index contributed by atoms with van der Waals surface area (Å²) >= 11 is 0. The second kappa shape index (κ2) is 9.18. The fourth-order valence-electron chi connectivity index (χ4n) is 4.78. The lowest BCUT2D eigenvalue weighted by Gasteiger charge is -2.32. The Hall–Kier alpha value is -4.08. The molecule has 1 N–H and O–H groups in total. The van der Waals surface area contributed by atoms with Crippen LogP contribution in [-0.2, 0) is 23.9 Å². The number of hydrogen-bond acceptors (Lipinski definition) is 6. The maximum atomic E-state index is 13.9. The van der Waals surface area contributed by atoms with Gasteiger partial charge in [-0.2, -0.15) is 0 Å². The van der Waals surface area contributed by atoms with Crippen LogP contribution in [0.2, 0.25) is 0 Å². The molecule has 1 aliphatic rings. The highest BCUT2D eigenvalue weighted by molar-refractivity contribution is 5.65. The first-order chi connectivity index (χ1) is 17.3. The number of benzene rings is 1. The number of nitrogens with zero attached hydrogens (tertiary/aromatic N) is 8. The lowest BCUT2D eigenvalue weighted by Crippen LogP contribution is -2.37. The first-order valence-electron chi connectivity index (χ1n) is 12.2. The molecule has 4 heterocycles. The molecule has 10 heteroatoms. The van der Waals surface area contributed by atoms with Gasteiger partial charge in [-0.1, -0.05) is 37.6 Å². The Balaban J connectivity index is 1.62. The quantitative estimate of drug-likeness (QED) is 0.429. The van der Waals surface area contributed by atoms with Crippen molar-refractivity contribution in [3.8, 4) is 17.3 Å². The average molecular weight is 486 g/mol. The van der Waals surface area contributed by atoms with Gasteiger partial charge in [-0.15, -0.1) is 5.10 Å². The van der Waals surface area contributed by atoms with Crippen LogP contribution < -0.4 is 5.69 Å². The largest absolute Gasteiger partial charge is 0.335 e. The number of allylic oxidation sites excluding steroid dienone is 1. The molecule has 186 valence electrons. The Bertz CT molecular complexity index is 1460. The van der Waals surface area contributed by atoms with Crippen LogP contribution in [0.1, 0.15) is 51.8 Å². The fraction of sp³-hybridized carbons (Fsp3) is 0.385. The first-order valence-corrected chi connectivity index (χ1v) is 12.2. The summed E-state index contributed by atoms with van der Waals surface area (Å²) in [5, 5.41) is 14.3. The molecule has 0 bridgehead atoms. The van der Waals surface area contributed by atoms with Crippen LogP contribution >= 0.6 is 0 Å². The first kappa shape index (κ1) is 23.7.